The number of imide groups is 1. The van der Waals surface area contributed by atoms with Crippen LogP contribution in [0.2, 0.25) is 0 Å². The summed E-state index contributed by atoms with van der Waals surface area (Å²) in [6.07, 6.45) is 2.52. The lowest BCUT2D eigenvalue weighted by atomic mass is 9.99. The topological polar surface area (TPSA) is 92.2 Å². The summed E-state index contributed by atoms with van der Waals surface area (Å²) in [5.74, 6) is -0.539. The Bertz CT molecular complexity index is 1520. The fourth-order valence-electron chi connectivity index (χ4n) is 5.67. The molecule has 220 valence electrons. The minimum atomic E-state index is -0.584. The molecule has 0 unspecified atom stereocenters. The average Bonchev–Trinajstić information content (AvgIpc) is 3.29. The lowest BCUT2D eigenvalue weighted by Gasteiger charge is -2.38. The van der Waals surface area contributed by atoms with Gasteiger partial charge in [-0.3, -0.25) is 19.5 Å². The highest BCUT2D eigenvalue weighted by Gasteiger charge is 2.35. The number of nitrogens with zero attached hydrogens (tertiary/aromatic N) is 3. The number of fused-ring (bicyclic) bond motifs is 1. The van der Waals surface area contributed by atoms with Crippen LogP contribution < -0.4 is 0 Å². The highest BCUT2D eigenvalue weighted by molar-refractivity contribution is 6.21. The summed E-state index contributed by atoms with van der Waals surface area (Å²) in [4.78, 5) is 33.7. The van der Waals surface area contributed by atoms with Gasteiger partial charge in [0.2, 0.25) is 0 Å². The van der Waals surface area contributed by atoms with Gasteiger partial charge in [0.1, 0.15) is 0 Å². The first kappa shape index (κ1) is 28.9. The lowest BCUT2D eigenvalue weighted by molar-refractivity contribution is -0.252. The van der Waals surface area contributed by atoms with E-state index in [0.717, 1.165) is 47.5 Å². The summed E-state index contributed by atoms with van der Waals surface area (Å²) in [7, 11) is 2.09. The molecule has 0 saturated carbocycles. The molecular formula is C35H35N3O5. The molecule has 8 heteroatoms. The summed E-state index contributed by atoms with van der Waals surface area (Å²) >= 11 is 0. The number of hydrogen-bond acceptors (Lipinski definition) is 7. The minimum Gasteiger partial charge on any atom is -0.392 e. The molecular weight excluding hydrogens is 542 g/mol. The summed E-state index contributed by atoms with van der Waals surface area (Å²) in [6.45, 7) is 1.78. The Labute approximate surface area is 251 Å². The second kappa shape index (κ2) is 13.0. The average molecular weight is 578 g/mol. The largest absolute Gasteiger partial charge is 0.392 e. The molecule has 3 aromatic carbocycles. The van der Waals surface area contributed by atoms with Gasteiger partial charge in [-0.05, 0) is 48.0 Å². The van der Waals surface area contributed by atoms with Gasteiger partial charge in [-0.15, -0.1) is 0 Å². The number of hydrogen-bond donors (Lipinski definition) is 1. The van der Waals surface area contributed by atoms with Crippen LogP contribution in [0.25, 0.3) is 0 Å². The predicted molar refractivity (Wildman–Crippen MR) is 161 cm³/mol. The number of carbonyl (C=O) groups is 2. The first-order valence-corrected chi connectivity index (χ1v) is 14.6. The van der Waals surface area contributed by atoms with E-state index in [-0.39, 0.29) is 37.2 Å². The highest BCUT2D eigenvalue weighted by Crippen LogP contribution is 2.38. The SMILES string of the molecule is CN(CCc1ccccn1)C[C@H]1C[C@@H](c2ccc(CO)cc2)O[C@@H](c2ccc(CN3C(=O)c4ccccc4C3=O)cc2)O1. The predicted octanol–water partition coefficient (Wildman–Crippen LogP) is 5.09. The monoisotopic (exact) mass is 577 g/mol. The van der Waals surface area contributed by atoms with Crippen molar-refractivity contribution in [3.05, 3.63) is 136 Å². The summed E-state index contributed by atoms with van der Waals surface area (Å²) in [5.41, 5.74) is 5.55. The van der Waals surface area contributed by atoms with Crippen LogP contribution in [0.1, 0.15) is 67.5 Å². The van der Waals surface area contributed by atoms with E-state index in [1.54, 1.807) is 24.3 Å². The Balaban J connectivity index is 1.15. The minimum absolute atomic E-state index is 0.00566. The number of benzene rings is 3. The number of aliphatic hydroxyl groups excluding tert-OH is 1. The van der Waals surface area contributed by atoms with Crippen molar-refractivity contribution >= 4 is 11.8 Å². The normalized spacial score (nSPS) is 20.1. The van der Waals surface area contributed by atoms with Gasteiger partial charge < -0.3 is 19.5 Å². The third-order valence-electron chi connectivity index (χ3n) is 8.08. The van der Waals surface area contributed by atoms with Crippen LogP contribution in [-0.2, 0) is 29.0 Å². The van der Waals surface area contributed by atoms with Crippen LogP contribution in [0, 0.1) is 0 Å². The Morgan fingerprint density at radius 1 is 0.837 bits per heavy atom. The number of aliphatic hydroxyl groups is 1. The summed E-state index contributed by atoms with van der Waals surface area (Å²) in [5, 5.41) is 9.49. The van der Waals surface area contributed by atoms with Crippen molar-refractivity contribution in [2.45, 2.75) is 44.5 Å². The standard InChI is InChI=1S/C35H35N3O5/c1-37(19-17-28-6-4-5-18-36-28)22-29-20-32(26-13-11-25(23-39)12-14-26)43-35(42-29)27-15-9-24(10-16-27)21-38-33(40)30-7-2-3-8-31(30)34(38)41/h2-16,18,29,32,35,39H,17,19-23H2,1H3/t29-,32+,35+/m1/s1. The molecule has 2 amide bonds. The van der Waals surface area contributed by atoms with Gasteiger partial charge in [0.25, 0.3) is 11.8 Å². The van der Waals surface area contributed by atoms with Crippen LogP contribution >= 0.6 is 0 Å². The van der Waals surface area contributed by atoms with Crippen LogP contribution in [0.15, 0.2) is 97.2 Å². The first-order chi connectivity index (χ1) is 21.0. The molecule has 3 atom stereocenters. The molecule has 3 heterocycles. The molecule has 1 N–H and O–H groups in total. The third kappa shape index (κ3) is 6.58. The van der Waals surface area contributed by atoms with E-state index in [0.29, 0.717) is 17.5 Å². The number of pyridine rings is 1. The molecule has 0 radical (unpaired) electrons. The Hall–Kier alpha value is -4.21. The summed E-state index contributed by atoms with van der Waals surface area (Å²) < 4.78 is 13.0. The van der Waals surface area contributed by atoms with Crippen molar-refractivity contribution < 1.29 is 24.2 Å². The van der Waals surface area contributed by atoms with Crippen molar-refractivity contribution in [3.63, 3.8) is 0 Å². The fraction of sp³-hybridized carbons (Fsp3) is 0.286. The van der Waals surface area contributed by atoms with Crippen molar-refractivity contribution in [2.75, 3.05) is 20.1 Å². The van der Waals surface area contributed by atoms with Crippen LogP contribution in [0.3, 0.4) is 0 Å². The molecule has 0 spiro atoms. The summed E-state index contributed by atoms with van der Waals surface area (Å²) in [6, 6.07) is 28.5. The maximum atomic E-state index is 12.8. The highest BCUT2D eigenvalue weighted by atomic mass is 16.7. The zero-order chi connectivity index (χ0) is 29.8. The molecule has 1 saturated heterocycles. The Kier molecular flexibility index (Phi) is 8.72. The number of carbonyl (C=O) groups excluding carboxylic acids is 2. The smallest absolute Gasteiger partial charge is 0.261 e. The maximum Gasteiger partial charge on any atom is 0.261 e. The molecule has 0 bridgehead atoms. The second-order valence-corrected chi connectivity index (χ2v) is 11.2. The molecule has 8 nitrogen and oxygen atoms in total. The van der Waals surface area contributed by atoms with E-state index >= 15 is 0 Å². The maximum absolute atomic E-state index is 12.8. The van der Waals surface area contributed by atoms with Gasteiger partial charge in [-0.1, -0.05) is 66.7 Å². The Morgan fingerprint density at radius 2 is 1.49 bits per heavy atom. The zero-order valence-corrected chi connectivity index (χ0v) is 24.1. The van der Waals surface area contributed by atoms with E-state index in [4.69, 9.17) is 9.47 Å². The molecule has 1 aromatic heterocycles. The molecule has 6 rings (SSSR count). The van der Waals surface area contributed by atoms with E-state index in [1.807, 2.05) is 72.9 Å². The second-order valence-electron chi connectivity index (χ2n) is 11.2. The van der Waals surface area contributed by atoms with Gasteiger partial charge in [-0.2, -0.15) is 0 Å². The van der Waals surface area contributed by atoms with Crippen LogP contribution in [0.5, 0.6) is 0 Å². The van der Waals surface area contributed by atoms with Gasteiger partial charge in [0.05, 0.1) is 36.5 Å². The molecule has 1 fully saturated rings. The molecule has 0 aliphatic carbocycles. The first-order valence-electron chi connectivity index (χ1n) is 14.6. The molecule has 4 aromatic rings. The van der Waals surface area contributed by atoms with E-state index in [9.17, 15) is 14.7 Å². The zero-order valence-electron chi connectivity index (χ0n) is 24.1. The van der Waals surface area contributed by atoms with Gasteiger partial charge >= 0.3 is 0 Å². The third-order valence-corrected chi connectivity index (χ3v) is 8.08. The van der Waals surface area contributed by atoms with E-state index < -0.39 is 6.29 Å². The van der Waals surface area contributed by atoms with Crippen LogP contribution in [-0.4, -0.2) is 57.9 Å². The van der Waals surface area contributed by atoms with Crippen molar-refractivity contribution in [2.24, 2.45) is 0 Å². The number of rotatable bonds is 10. The van der Waals surface area contributed by atoms with Crippen molar-refractivity contribution in [3.8, 4) is 0 Å². The van der Waals surface area contributed by atoms with Crippen LogP contribution in [0.4, 0.5) is 0 Å². The number of amides is 2. The van der Waals surface area contributed by atoms with E-state index in [2.05, 4.69) is 16.9 Å². The lowest BCUT2D eigenvalue weighted by Crippen LogP contribution is -2.38. The Morgan fingerprint density at radius 3 is 2.14 bits per heavy atom. The molecule has 2 aliphatic heterocycles. The number of ether oxygens (including phenoxy) is 2. The number of aromatic nitrogens is 1. The van der Waals surface area contributed by atoms with E-state index in [1.165, 1.54) is 4.90 Å². The van der Waals surface area contributed by atoms with Gasteiger partial charge in [-0.25, -0.2) is 0 Å². The van der Waals surface area contributed by atoms with Crippen molar-refractivity contribution in [1.82, 2.24) is 14.8 Å². The van der Waals surface area contributed by atoms with Gasteiger partial charge in [0, 0.05) is 43.4 Å². The molecule has 2 aliphatic rings. The van der Waals surface area contributed by atoms with Crippen molar-refractivity contribution in [1.29, 1.82) is 0 Å². The van der Waals surface area contributed by atoms with Gasteiger partial charge in [0.15, 0.2) is 6.29 Å². The molecule has 43 heavy (non-hydrogen) atoms. The quantitative estimate of drug-likeness (QED) is 0.263. The fourth-order valence-corrected chi connectivity index (χ4v) is 5.67. The number of likely N-dealkylation sites (N-methyl/N-ethyl adjacent to an activating group) is 1.